The number of sulfonamides is 1. The minimum atomic E-state index is -3.08. The molecule has 0 amide bonds. The fraction of sp³-hybridized carbons (Fsp3) is 0.615. The van der Waals surface area contributed by atoms with Gasteiger partial charge in [-0.2, -0.15) is 0 Å². The lowest BCUT2D eigenvalue weighted by atomic mass is 10.0. The Morgan fingerprint density at radius 2 is 2.30 bits per heavy atom. The van der Waals surface area contributed by atoms with Crippen LogP contribution in [0.5, 0.6) is 0 Å². The highest BCUT2D eigenvalue weighted by atomic mass is 32.2. The van der Waals surface area contributed by atoms with Crippen LogP contribution in [0, 0.1) is 5.92 Å². The van der Waals surface area contributed by atoms with E-state index in [2.05, 4.69) is 10.3 Å². The van der Waals surface area contributed by atoms with Gasteiger partial charge in [0.2, 0.25) is 10.0 Å². The maximum atomic E-state index is 11.5. The Morgan fingerprint density at radius 1 is 1.50 bits per heavy atom. The number of nitrogens with zero attached hydrogens (tertiary/aromatic N) is 2. The van der Waals surface area contributed by atoms with Gasteiger partial charge in [-0.15, -0.1) is 0 Å². The summed E-state index contributed by atoms with van der Waals surface area (Å²) in [5.74, 6) is 1.07. The van der Waals surface area contributed by atoms with Crippen LogP contribution in [0.1, 0.15) is 12.1 Å². The van der Waals surface area contributed by atoms with Crippen LogP contribution in [0.4, 0.5) is 5.82 Å². The van der Waals surface area contributed by atoms with Crippen molar-refractivity contribution in [1.29, 1.82) is 0 Å². The SMILES string of the molecule is CS(=O)(=O)N1CC[C@H](Cc2cccc(NCCO)n2)C1. The average Bonchev–Trinajstić information content (AvgIpc) is 2.85. The molecule has 1 aliphatic rings. The van der Waals surface area contributed by atoms with Crippen LogP contribution in [0.2, 0.25) is 0 Å². The molecular formula is C13H21N3O3S. The first-order valence-corrected chi connectivity index (χ1v) is 8.59. The largest absolute Gasteiger partial charge is 0.395 e. The molecule has 0 saturated carbocycles. The zero-order valence-electron chi connectivity index (χ0n) is 11.6. The van der Waals surface area contributed by atoms with E-state index in [9.17, 15) is 8.42 Å². The van der Waals surface area contributed by atoms with Crippen molar-refractivity contribution in [2.24, 2.45) is 5.92 Å². The standard InChI is InChI=1S/C13H21N3O3S/c1-20(18,19)16-7-5-11(10-16)9-12-3-2-4-13(15-12)14-6-8-17/h2-4,11,17H,5-10H2,1H3,(H,14,15)/t11-/m1/s1. The summed E-state index contributed by atoms with van der Waals surface area (Å²) in [5.41, 5.74) is 0.952. The molecule has 0 bridgehead atoms. The maximum Gasteiger partial charge on any atom is 0.211 e. The topological polar surface area (TPSA) is 82.5 Å². The Labute approximate surface area is 119 Å². The molecule has 1 aromatic rings. The average molecular weight is 299 g/mol. The predicted octanol–water partition coefficient (Wildman–Crippen LogP) is 0.310. The van der Waals surface area contributed by atoms with E-state index in [1.165, 1.54) is 10.6 Å². The molecule has 7 heteroatoms. The van der Waals surface area contributed by atoms with Crippen LogP contribution in [0.3, 0.4) is 0 Å². The highest BCUT2D eigenvalue weighted by Crippen LogP contribution is 2.22. The van der Waals surface area contributed by atoms with Crippen molar-refractivity contribution >= 4 is 15.8 Å². The highest BCUT2D eigenvalue weighted by Gasteiger charge is 2.28. The van der Waals surface area contributed by atoms with E-state index < -0.39 is 10.0 Å². The highest BCUT2D eigenvalue weighted by molar-refractivity contribution is 7.88. The third-order valence-corrected chi connectivity index (χ3v) is 4.71. The third-order valence-electron chi connectivity index (χ3n) is 3.44. The van der Waals surface area contributed by atoms with Gasteiger partial charge >= 0.3 is 0 Å². The van der Waals surface area contributed by atoms with Crippen molar-refractivity contribution in [1.82, 2.24) is 9.29 Å². The molecule has 0 radical (unpaired) electrons. The summed E-state index contributed by atoms with van der Waals surface area (Å²) in [5, 5.41) is 11.8. The van der Waals surface area contributed by atoms with Gasteiger partial charge in [0.25, 0.3) is 0 Å². The van der Waals surface area contributed by atoms with Crippen molar-refractivity contribution in [3.63, 3.8) is 0 Å². The molecule has 1 atom stereocenters. The van der Waals surface area contributed by atoms with Crippen LogP contribution in [-0.2, 0) is 16.4 Å². The zero-order chi connectivity index (χ0) is 14.6. The number of pyridine rings is 1. The lowest BCUT2D eigenvalue weighted by Crippen LogP contribution is -2.27. The van der Waals surface area contributed by atoms with Crippen LogP contribution < -0.4 is 5.32 Å². The van der Waals surface area contributed by atoms with Gasteiger partial charge in [0.1, 0.15) is 5.82 Å². The number of rotatable bonds is 6. The molecule has 0 unspecified atom stereocenters. The molecule has 1 aliphatic heterocycles. The van der Waals surface area contributed by atoms with Gasteiger partial charge in [-0.1, -0.05) is 6.07 Å². The van der Waals surface area contributed by atoms with Crippen molar-refractivity contribution < 1.29 is 13.5 Å². The van der Waals surface area contributed by atoms with E-state index in [0.717, 1.165) is 24.4 Å². The number of hydrogen-bond donors (Lipinski definition) is 2. The Morgan fingerprint density at radius 3 is 2.95 bits per heavy atom. The minimum absolute atomic E-state index is 0.0673. The van der Waals surface area contributed by atoms with E-state index >= 15 is 0 Å². The molecule has 20 heavy (non-hydrogen) atoms. The quantitative estimate of drug-likeness (QED) is 0.790. The van der Waals surface area contributed by atoms with Crippen LogP contribution in [0.15, 0.2) is 18.2 Å². The third kappa shape index (κ3) is 4.16. The molecule has 1 fully saturated rings. The lowest BCUT2D eigenvalue weighted by molar-refractivity contribution is 0.311. The second-order valence-electron chi connectivity index (χ2n) is 5.14. The van der Waals surface area contributed by atoms with E-state index in [1.54, 1.807) is 0 Å². The molecule has 2 rings (SSSR count). The first-order valence-electron chi connectivity index (χ1n) is 6.75. The van der Waals surface area contributed by atoms with E-state index in [-0.39, 0.29) is 6.61 Å². The molecule has 1 saturated heterocycles. The summed E-state index contributed by atoms with van der Waals surface area (Å²) >= 11 is 0. The first kappa shape index (κ1) is 15.2. The van der Waals surface area contributed by atoms with Crippen molar-refractivity contribution in [3.05, 3.63) is 23.9 Å². The Hall–Kier alpha value is -1.18. The number of hydrogen-bond acceptors (Lipinski definition) is 5. The van der Waals surface area contributed by atoms with Gasteiger partial charge in [0.15, 0.2) is 0 Å². The fourth-order valence-corrected chi connectivity index (χ4v) is 3.36. The summed E-state index contributed by atoms with van der Waals surface area (Å²) in [6.45, 7) is 1.72. The molecular weight excluding hydrogens is 278 g/mol. The van der Waals surface area contributed by atoms with Crippen LogP contribution in [-0.4, -0.2) is 55.3 Å². The smallest absolute Gasteiger partial charge is 0.211 e. The second kappa shape index (κ2) is 6.51. The van der Waals surface area contributed by atoms with Crippen molar-refractivity contribution in [3.8, 4) is 0 Å². The van der Waals surface area contributed by atoms with E-state index in [4.69, 9.17) is 5.11 Å². The van der Waals surface area contributed by atoms with Gasteiger partial charge in [-0.25, -0.2) is 17.7 Å². The molecule has 2 heterocycles. The Bertz CT molecular complexity index is 548. The van der Waals surface area contributed by atoms with Gasteiger partial charge in [0.05, 0.1) is 12.9 Å². The molecule has 6 nitrogen and oxygen atoms in total. The van der Waals surface area contributed by atoms with E-state index in [1.807, 2.05) is 18.2 Å². The molecule has 0 aliphatic carbocycles. The lowest BCUT2D eigenvalue weighted by Gasteiger charge is -2.13. The number of anilines is 1. The molecule has 1 aromatic heterocycles. The summed E-state index contributed by atoms with van der Waals surface area (Å²) in [6.07, 6.45) is 2.91. The Balaban J connectivity index is 1.94. The predicted molar refractivity (Wildman–Crippen MR) is 78.0 cm³/mol. The molecule has 0 spiro atoms. The first-order chi connectivity index (χ1) is 9.49. The normalized spacial score (nSPS) is 20.2. The number of aliphatic hydroxyl groups excluding tert-OH is 1. The van der Waals surface area contributed by atoms with Crippen molar-refractivity contribution in [2.75, 3.05) is 37.8 Å². The number of aliphatic hydroxyl groups is 1. The summed E-state index contributed by atoms with van der Waals surface area (Å²) < 4.78 is 24.5. The van der Waals surface area contributed by atoms with Gasteiger partial charge in [0, 0.05) is 25.3 Å². The molecule has 2 N–H and O–H groups in total. The maximum absolute atomic E-state index is 11.5. The number of nitrogens with one attached hydrogen (secondary N) is 1. The van der Waals surface area contributed by atoms with Crippen LogP contribution >= 0.6 is 0 Å². The molecule has 0 aromatic carbocycles. The summed E-state index contributed by atoms with van der Waals surface area (Å²) in [6, 6.07) is 5.73. The van der Waals surface area contributed by atoms with Crippen molar-refractivity contribution in [2.45, 2.75) is 12.8 Å². The van der Waals surface area contributed by atoms with Gasteiger partial charge < -0.3 is 10.4 Å². The minimum Gasteiger partial charge on any atom is -0.395 e. The van der Waals surface area contributed by atoms with E-state index in [0.29, 0.717) is 25.6 Å². The fourth-order valence-electron chi connectivity index (χ4n) is 2.44. The second-order valence-corrected chi connectivity index (χ2v) is 7.13. The van der Waals surface area contributed by atoms with Gasteiger partial charge in [-0.3, -0.25) is 0 Å². The van der Waals surface area contributed by atoms with Gasteiger partial charge in [-0.05, 0) is 30.9 Å². The number of aromatic nitrogens is 1. The summed E-state index contributed by atoms with van der Waals surface area (Å²) in [7, 11) is -3.08. The molecule has 112 valence electrons. The zero-order valence-corrected chi connectivity index (χ0v) is 12.4. The van der Waals surface area contributed by atoms with Crippen LogP contribution in [0.25, 0.3) is 0 Å². The summed E-state index contributed by atoms with van der Waals surface area (Å²) in [4.78, 5) is 4.47. The monoisotopic (exact) mass is 299 g/mol. The Kier molecular flexibility index (Phi) is 4.95.